The summed E-state index contributed by atoms with van der Waals surface area (Å²) in [7, 11) is 0. The number of benzene rings is 1. The van der Waals surface area contributed by atoms with Gasteiger partial charge in [-0.25, -0.2) is 4.39 Å². The maximum Gasteiger partial charge on any atom is 0.194 e. The third kappa shape index (κ3) is 1.75. The molecule has 1 aromatic carbocycles. The van der Waals surface area contributed by atoms with Gasteiger partial charge in [0.2, 0.25) is 0 Å². The van der Waals surface area contributed by atoms with Crippen LogP contribution in [-0.4, -0.2) is 25.2 Å². The number of hydrogen-bond acceptors (Lipinski definition) is 4. The van der Waals surface area contributed by atoms with Gasteiger partial charge in [0.15, 0.2) is 11.3 Å². The Hall–Kier alpha value is -2.57. The van der Waals surface area contributed by atoms with Crippen LogP contribution in [0.15, 0.2) is 35.3 Å². The summed E-state index contributed by atoms with van der Waals surface area (Å²) in [5, 5.41) is 13.9. The van der Waals surface area contributed by atoms with E-state index in [4.69, 9.17) is 0 Å². The zero-order chi connectivity index (χ0) is 12.5. The van der Waals surface area contributed by atoms with Gasteiger partial charge in [0, 0.05) is 17.6 Å². The third-order valence-corrected chi connectivity index (χ3v) is 2.64. The summed E-state index contributed by atoms with van der Waals surface area (Å²) in [5.41, 5.74) is 0.363. The van der Waals surface area contributed by atoms with Crippen molar-refractivity contribution < 1.29 is 4.39 Å². The van der Waals surface area contributed by atoms with Gasteiger partial charge in [-0.15, -0.1) is 10.2 Å². The van der Waals surface area contributed by atoms with Crippen molar-refractivity contribution in [2.75, 3.05) is 0 Å². The smallest absolute Gasteiger partial charge is 0.194 e. The average molecular weight is 245 g/mol. The Morgan fingerprint density at radius 3 is 3.00 bits per heavy atom. The molecule has 0 atom stereocenters. The molecule has 0 aliphatic carbocycles. The van der Waals surface area contributed by atoms with Gasteiger partial charge in [-0.3, -0.25) is 4.79 Å². The molecule has 0 saturated heterocycles. The highest BCUT2D eigenvalue weighted by Gasteiger charge is 2.06. The van der Waals surface area contributed by atoms with Gasteiger partial charge in [0.05, 0.1) is 12.1 Å². The number of fused-ring (bicyclic) bond motifs is 1. The first-order valence-corrected chi connectivity index (χ1v) is 5.25. The van der Waals surface area contributed by atoms with Crippen LogP contribution in [0.2, 0.25) is 0 Å². The van der Waals surface area contributed by atoms with Crippen molar-refractivity contribution in [2.24, 2.45) is 0 Å². The van der Waals surface area contributed by atoms with E-state index in [1.54, 1.807) is 10.8 Å². The molecular formula is C11H8FN5O. The fourth-order valence-corrected chi connectivity index (χ4v) is 1.82. The quantitative estimate of drug-likeness (QED) is 0.721. The van der Waals surface area contributed by atoms with E-state index in [0.29, 0.717) is 23.3 Å². The Morgan fingerprint density at radius 2 is 2.22 bits per heavy atom. The van der Waals surface area contributed by atoms with Crippen molar-refractivity contribution in [2.45, 2.75) is 6.54 Å². The molecule has 90 valence electrons. The molecule has 7 heteroatoms. The highest BCUT2D eigenvalue weighted by atomic mass is 19.1. The van der Waals surface area contributed by atoms with Crippen LogP contribution in [0.4, 0.5) is 4.39 Å². The van der Waals surface area contributed by atoms with Gasteiger partial charge in [0.1, 0.15) is 5.82 Å². The largest absolute Gasteiger partial charge is 0.339 e. The van der Waals surface area contributed by atoms with E-state index in [-0.39, 0.29) is 5.43 Å². The molecule has 0 aliphatic heterocycles. The van der Waals surface area contributed by atoms with Crippen LogP contribution < -0.4 is 5.43 Å². The fraction of sp³-hybridized carbons (Fsp3) is 0.0909. The van der Waals surface area contributed by atoms with Crippen molar-refractivity contribution in [3.63, 3.8) is 0 Å². The lowest BCUT2D eigenvalue weighted by Crippen LogP contribution is -2.10. The second kappa shape index (κ2) is 4.02. The summed E-state index contributed by atoms with van der Waals surface area (Å²) in [4.78, 5) is 11.7. The summed E-state index contributed by atoms with van der Waals surface area (Å²) in [6, 6.07) is 5.49. The minimum absolute atomic E-state index is 0.144. The number of tetrazole rings is 1. The molecule has 1 N–H and O–H groups in total. The number of nitrogens with zero attached hydrogens (tertiary/aromatic N) is 4. The van der Waals surface area contributed by atoms with Gasteiger partial charge in [0.25, 0.3) is 0 Å². The lowest BCUT2D eigenvalue weighted by Gasteiger charge is -2.08. The lowest BCUT2D eigenvalue weighted by atomic mass is 10.2. The first-order chi connectivity index (χ1) is 8.74. The average Bonchev–Trinajstić information content (AvgIpc) is 2.86. The molecule has 18 heavy (non-hydrogen) atoms. The Kier molecular flexibility index (Phi) is 2.36. The molecule has 0 radical (unpaired) electrons. The van der Waals surface area contributed by atoms with Gasteiger partial charge in [-0.05, 0) is 18.2 Å². The summed E-state index contributed by atoms with van der Waals surface area (Å²) in [6.45, 7) is 0.316. The van der Waals surface area contributed by atoms with Crippen LogP contribution in [0.25, 0.3) is 10.9 Å². The predicted molar refractivity (Wildman–Crippen MR) is 61.4 cm³/mol. The maximum atomic E-state index is 13.3. The summed E-state index contributed by atoms with van der Waals surface area (Å²) in [5.74, 6) is 0.0687. The standard InChI is InChI=1S/C11H8FN5O/c12-7-1-2-8-9(5-7)17(4-3-10(8)18)6-11-13-15-16-14-11/h1-5H,6H2,(H,13,14,15,16). The van der Waals surface area contributed by atoms with E-state index in [0.717, 1.165) is 0 Å². The predicted octanol–water partition coefficient (Wildman–Crippen LogP) is 0.702. The number of nitrogens with one attached hydrogen (secondary N) is 1. The second-order valence-electron chi connectivity index (χ2n) is 3.80. The van der Waals surface area contributed by atoms with Crippen LogP contribution in [0.1, 0.15) is 5.82 Å². The van der Waals surface area contributed by atoms with Crippen LogP contribution in [0, 0.1) is 5.82 Å². The van der Waals surface area contributed by atoms with Crippen molar-refractivity contribution in [1.82, 2.24) is 25.2 Å². The monoisotopic (exact) mass is 245 g/mol. The Labute approximate surface area is 100 Å². The first kappa shape index (κ1) is 10.6. The third-order valence-electron chi connectivity index (χ3n) is 2.64. The SMILES string of the molecule is O=c1ccn(Cc2nn[nH]n2)c2cc(F)ccc12. The number of aromatic amines is 1. The molecule has 0 bridgehead atoms. The van der Waals surface area contributed by atoms with Crippen LogP contribution in [0.3, 0.4) is 0 Å². The number of hydrogen-bond donors (Lipinski definition) is 1. The number of pyridine rings is 1. The molecule has 2 aromatic heterocycles. The summed E-state index contributed by atoms with van der Waals surface area (Å²) in [6.07, 6.45) is 1.58. The fourth-order valence-electron chi connectivity index (χ4n) is 1.82. The van der Waals surface area contributed by atoms with E-state index >= 15 is 0 Å². The lowest BCUT2D eigenvalue weighted by molar-refractivity contribution is 0.627. The van der Waals surface area contributed by atoms with Gasteiger partial charge >= 0.3 is 0 Å². The van der Waals surface area contributed by atoms with Crippen LogP contribution in [-0.2, 0) is 6.54 Å². The molecule has 0 unspecified atom stereocenters. The maximum absolute atomic E-state index is 13.3. The van der Waals surface area contributed by atoms with Crippen molar-refractivity contribution in [3.8, 4) is 0 Å². The normalized spacial score (nSPS) is 10.9. The highest BCUT2D eigenvalue weighted by Crippen LogP contribution is 2.12. The first-order valence-electron chi connectivity index (χ1n) is 5.25. The van der Waals surface area contributed by atoms with E-state index < -0.39 is 5.82 Å². The number of rotatable bonds is 2. The van der Waals surface area contributed by atoms with E-state index in [1.165, 1.54) is 24.3 Å². The molecule has 3 aromatic rings. The summed E-state index contributed by atoms with van der Waals surface area (Å²) < 4.78 is 15.0. The van der Waals surface area contributed by atoms with E-state index in [2.05, 4.69) is 20.6 Å². The highest BCUT2D eigenvalue weighted by molar-refractivity contribution is 5.78. The second-order valence-corrected chi connectivity index (χ2v) is 3.80. The van der Waals surface area contributed by atoms with Crippen molar-refractivity contribution in [1.29, 1.82) is 0 Å². The van der Waals surface area contributed by atoms with Crippen LogP contribution in [0.5, 0.6) is 0 Å². The van der Waals surface area contributed by atoms with Crippen LogP contribution >= 0.6 is 0 Å². The molecular weight excluding hydrogens is 237 g/mol. The molecule has 0 spiro atoms. The number of aromatic nitrogens is 5. The van der Waals surface area contributed by atoms with Crippen molar-refractivity contribution in [3.05, 3.63) is 52.3 Å². The van der Waals surface area contributed by atoms with Crippen molar-refractivity contribution >= 4 is 10.9 Å². The summed E-state index contributed by atoms with van der Waals surface area (Å²) >= 11 is 0. The Morgan fingerprint density at radius 1 is 1.33 bits per heavy atom. The van der Waals surface area contributed by atoms with Gasteiger partial charge < -0.3 is 4.57 Å². The Balaban J connectivity index is 2.20. The molecule has 2 heterocycles. The van der Waals surface area contributed by atoms with E-state index in [1.807, 2.05) is 0 Å². The number of halogens is 1. The Bertz CT molecular complexity index is 750. The molecule has 6 nitrogen and oxygen atoms in total. The minimum atomic E-state index is -0.394. The molecule has 3 rings (SSSR count). The molecule has 0 fully saturated rings. The van der Waals surface area contributed by atoms with Gasteiger partial charge in [-0.1, -0.05) is 5.21 Å². The molecule has 0 saturated carbocycles. The zero-order valence-corrected chi connectivity index (χ0v) is 9.17. The zero-order valence-electron chi connectivity index (χ0n) is 9.17. The topological polar surface area (TPSA) is 76.5 Å². The van der Waals surface area contributed by atoms with Gasteiger partial charge in [-0.2, -0.15) is 5.21 Å². The molecule has 0 aliphatic rings. The minimum Gasteiger partial charge on any atom is -0.339 e. The van der Waals surface area contributed by atoms with E-state index in [9.17, 15) is 9.18 Å². The molecule has 0 amide bonds. The number of H-pyrrole nitrogens is 1.